The van der Waals surface area contributed by atoms with E-state index in [1.165, 1.54) is 24.3 Å². The molecular weight excluding hydrogens is 264 g/mol. The summed E-state index contributed by atoms with van der Waals surface area (Å²) in [5.41, 5.74) is -0.409. The number of alkyl halides is 2. The van der Waals surface area contributed by atoms with E-state index >= 15 is 0 Å². The lowest BCUT2D eigenvalue weighted by atomic mass is 9.93. The number of aliphatic hydroxyl groups is 1. The molecule has 1 atom stereocenters. The minimum Gasteiger partial charge on any atom is -0.347 e. The first-order valence-corrected chi connectivity index (χ1v) is 6.03. The molecule has 0 spiro atoms. The van der Waals surface area contributed by atoms with Crippen LogP contribution in [0.15, 0.2) is 65.8 Å². The number of rotatable bonds is 2. The van der Waals surface area contributed by atoms with Crippen molar-refractivity contribution in [2.45, 2.75) is 11.7 Å². The normalized spacial score (nSPS) is 24.1. The Labute approximate surface area is 114 Å². The summed E-state index contributed by atoms with van der Waals surface area (Å²) in [5, 5.41) is 13.6. The van der Waals surface area contributed by atoms with E-state index in [-0.39, 0.29) is 11.1 Å². The summed E-state index contributed by atoms with van der Waals surface area (Å²) in [6.45, 7) is 0. The molecule has 3 rings (SSSR count). The molecule has 1 aliphatic rings. The molecule has 0 aliphatic carbocycles. The molecule has 1 N–H and O–H groups in total. The van der Waals surface area contributed by atoms with E-state index in [9.17, 15) is 13.9 Å². The molecule has 102 valence electrons. The Bertz CT molecular complexity index is 643. The number of benzene rings is 2. The van der Waals surface area contributed by atoms with Crippen LogP contribution in [0.2, 0.25) is 0 Å². The van der Waals surface area contributed by atoms with Gasteiger partial charge in [0.15, 0.2) is 5.71 Å². The van der Waals surface area contributed by atoms with Crippen molar-refractivity contribution in [2.75, 3.05) is 0 Å². The molecule has 1 aliphatic heterocycles. The van der Waals surface area contributed by atoms with Gasteiger partial charge < -0.3 is 9.94 Å². The monoisotopic (exact) mass is 275 g/mol. The summed E-state index contributed by atoms with van der Waals surface area (Å²) in [6, 6.07) is 15.4. The summed E-state index contributed by atoms with van der Waals surface area (Å²) >= 11 is 0. The van der Waals surface area contributed by atoms with Crippen LogP contribution in [0.5, 0.6) is 0 Å². The van der Waals surface area contributed by atoms with Crippen molar-refractivity contribution in [3.63, 3.8) is 0 Å². The van der Waals surface area contributed by atoms with E-state index < -0.39 is 17.4 Å². The van der Waals surface area contributed by atoms with Crippen molar-refractivity contribution in [1.82, 2.24) is 0 Å². The van der Waals surface area contributed by atoms with Gasteiger partial charge in [0.2, 0.25) is 0 Å². The number of nitrogens with zero attached hydrogens (tertiary/aromatic N) is 1. The van der Waals surface area contributed by atoms with E-state index in [0.717, 1.165) is 0 Å². The van der Waals surface area contributed by atoms with Gasteiger partial charge in [0.1, 0.15) is 0 Å². The summed E-state index contributed by atoms with van der Waals surface area (Å²) in [4.78, 5) is 4.70. The van der Waals surface area contributed by atoms with Crippen molar-refractivity contribution in [1.29, 1.82) is 0 Å². The third kappa shape index (κ3) is 1.71. The van der Waals surface area contributed by atoms with Gasteiger partial charge in [0.25, 0.3) is 0 Å². The Morgan fingerprint density at radius 3 is 2.05 bits per heavy atom. The zero-order chi connectivity index (χ0) is 14.2. The highest BCUT2D eigenvalue weighted by atomic mass is 19.3. The van der Waals surface area contributed by atoms with Gasteiger partial charge in [-0.2, -0.15) is 8.78 Å². The first-order chi connectivity index (χ1) is 9.56. The van der Waals surface area contributed by atoms with Crippen molar-refractivity contribution < 1.29 is 18.7 Å². The van der Waals surface area contributed by atoms with Crippen LogP contribution in [0.4, 0.5) is 8.78 Å². The molecule has 0 bridgehead atoms. The number of oxime groups is 1. The predicted octanol–water partition coefficient (Wildman–Crippen LogP) is 2.90. The Morgan fingerprint density at radius 2 is 1.45 bits per heavy atom. The second-order valence-electron chi connectivity index (χ2n) is 4.48. The Balaban J connectivity index is 2.04. The lowest BCUT2D eigenvalue weighted by molar-refractivity contribution is -0.284. The molecule has 5 heteroatoms. The maximum atomic E-state index is 14.5. The first-order valence-electron chi connectivity index (χ1n) is 6.03. The standard InChI is InChI=1S/C15H11F2NO2/c16-14(17)13(11-7-3-1-4-8-11)18-20-15(14,19)12-9-5-2-6-10-12/h1-10,19H. The van der Waals surface area contributed by atoms with Crippen molar-refractivity contribution >= 4 is 5.71 Å². The van der Waals surface area contributed by atoms with Crippen LogP contribution in [0.25, 0.3) is 0 Å². The van der Waals surface area contributed by atoms with Crippen molar-refractivity contribution in [3.05, 3.63) is 71.8 Å². The highest BCUT2D eigenvalue weighted by molar-refractivity contribution is 6.06. The van der Waals surface area contributed by atoms with Gasteiger partial charge in [-0.05, 0) is 0 Å². The van der Waals surface area contributed by atoms with E-state index in [4.69, 9.17) is 4.84 Å². The van der Waals surface area contributed by atoms with E-state index in [1.54, 1.807) is 36.4 Å². The third-order valence-corrected chi connectivity index (χ3v) is 3.20. The van der Waals surface area contributed by atoms with Crippen LogP contribution in [0.3, 0.4) is 0 Å². The SMILES string of the molecule is OC1(c2ccccc2)ON=C(c2ccccc2)C1(F)F. The van der Waals surface area contributed by atoms with E-state index in [0.29, 0.717) is 0 Å². The van der Waals surface area contributed by atoms with Crippen LogP contribution in [0.1, 0.15) is 11.1 Å². The molecule has 1 heterocycles. The Hall–Kier alpha value is -2.27. The molecule has 3 nitrogen and oxygen atoms in total. The average molecular weight is 275 g/mol. The zero-order valence-corrected chi connectivity index (χ0v) is 10.3. The molecule has 0 aromatic heterocycles. The van der Waals surface area contributed by atoms with Gasteiger partial charge >= 0.3 is 11.7 Å². The minimum atomic E-state index is -3.64. The molecule has 0 saturated heterocycles. The zero-order valence-electron chi connectivity index (χ0n) is 10.3. The van der Waals surface area contributed by atoms with Gasteiger partial charge in [-0.1, -0.05) is 65.8 Å². The minimum absolute atomic E-state index is 0.0420. The predicted molar refractivity (Wildman–Crippen MR) is 69.3 cm³/mol. The van der Waals surface area contributed by atoms with Gasteiger partial charge in [0, 0.05) is 11.1 Å². The summed E-state index contributed by atoms with van der Waals surface area (Å²) in [6.07, 6.45) is 0. The number of hydrogen-bond acceptors (Lipinski definition) is 3. The van der Waals surface area contributed by atoms with Crippen LogP contribution < -0.4 is 0 Å². The van der Waals surface area contributed by atoms with Gasteiger partial charge in [-0.15, -0.1) is 0 Å². The second kappa shape index (κ2) is 4.38. The molecule has 0 fully saturated rings. The number of halogens is 2. The van der Waals surface area contributed by atoms with E-state index in [2.05, 4.69) is 5.16 Å². The van der Waals surface area contributed by atoms with Gasteiger partial charge in [-0.3, -0.25) is 0 Å². The molecule has 0 amide bonds. The fourth-order valence-electron chi connectivity index (χ4n) is 2.11. The largest absolute Gasteiger partial charge is 0.363 e. The first kappa shape index (κ1) is 12.7. The topological polar surface area (TPSA) is 41.8 Å². The van der Waals surface area contributed by atoms with Crippen LogP contribution in [-0.2, 0) is 10.6 Å². The Morgan fingerprint density at radius 1 is 0.900 bits per heavy atom. The number of hydrogen-bond donors (Lipinski definition) is 1. The van der Waals surface area contributed by atoms with Gasteiger partial charge in [0.05, 0.1) is 0 Å². The van der Waals surface area contributed by atoms with Crippen LogP contribution in [-0.4, -0.2) is 16.7 Å². The molecule has 0 saturated carbocycles. The Kier molecular flexibility index (Phi) is 2.79. The average Bonchev–Trinajstić information content (AvgIpc) is 2.72. The lowest BCUT2D eigenvalue weighted by Crippen LogP contribution is -2.47. The van der Waals surface area contributed by atoms with Gasteiger partial charge in [-0.25, -0.2) is 0 Å². The van der Waals surface area contributed by atoms with Crippen LogP contribution in [0, 0.1) is 0 Å². The van der Waals surface area contributed by atoms with Crippen molar-refractivity contribution in [2.24, 2.45) is 5.16 Å². The quantitative estimate of drug-likeness (QED) is 0.915. The molecule has 2 aromatic rings. The summed E-state index contributed by atoms with van der Waals surface area (Å²) < 4.78 is 29.0. The van der Waals surface area contributed by atoms with E-state index in [1.807, 2.05) is 0 Å². The molecule has 2 aromatic carbocycles. The third-order valence-electron chi connectivity index (χ3n) is 3.20. The molecule has 1 unspecified atom stereocenters. The fraction of sp³-hybridized carbons (Fsp3) is 0.133. The van der Waals surface area contributed by atoms with Crippen LogP contribution >= 0.6 is 0 Å². The summed E-state index contributed by atoms with van der Waals surface area (Å²) in [5.74, 6) is -6.42. The fourth-order valence-corrected chi connectivity index (χ4v) is 2.11. The smallest absolute Gasteiger partial charge is 0.347 e. The second-order valence-corrected chi connectivity index (χ2v) is 4.48. The van der Waals surface area contributed by atoms with Crippen molar-refractivity contribution in [3.8, 4) is 0 Å². The maximum absolute atomic E-state index is 14.5. The maximum Gasteiger partial charge on any atom is 0.363 e. The molecule has 20 heavy (non-hydrogen) atoms. The molecular formula is C15H11F2NO2. The summed E-state index contributed by atoms with van der Waals surface area (Å²) in [7, 11) is 0. The highest BCUT2D eigenvalue weighted by Crippen LogP contribution is 2.45. The molecule has 0 radical (unpaired) electrons. The highest BCUT2D eigenvalue weighted by Gasteiger charge is 2.65. The lowest BCUT2D eigenvalue weighted by Gasteiger charge is -2.27.